The molecule has 0 aliphatic carbocycles. The largest absolute Gasteiger partial charge is 0.352 e. The topological polar surface area (TPSA) is 66.5 Å². The molecule has 7 heteroatoms. The second-order valence-electron chi connectivity index (χ2n) is 6.13. The summed E-state index contributed by atoms with van der Waals surface area (Å²) in [5.41, 5.74) is 1.10. The quantitative estimate of drug-likeness (QED) is 0.777. The van der Waals surface area contributed by atoms with Gasteiger partial charge in [-0.05, 0) is 56.2 Å². The fourth-order valence-electron chi connectivity index (χ4n) is 2.47. The molecule has 0 saturated carbocycles. The Morgan fingerprint density at radius 3 is 2.42 bits per heavy atom. The van der Waals surface area contributed by atoms with Gasteiger partial charge in [0.15, 0.2) is 0 Å². The van der Waals surface area contributed by atoms with Gasteiger partial charge in [-0.3, -0.25) is 9.10 Å². The van der Waals surface area contributed by atoms with E-state index < -0.39 is 10.0 Å². The lowest BCUT2D eigenvalue weighted by molar-refractivity contribution is -0.120. The summed E-state index contributed by atoms with van der Waals surface area (Å²) < 4.78 is 27.5. The van der Waals surface area contributed by atoms with Crippen LogP contribution in [0.2, 0.25) is 5.02 Å². The summed E-state index contributed by atoms with van der Waals surface area (Å²) in [5, 5.41) is 3.32. The molecule has 0 saturated heterocycles. The van der Waals surface area contributed by atoms with Crippen LogP contribution in [0.25, 0.3) is 0 Å². The van der Waals surface area contributed by atoms with Gasteiger partial charge in [0.2, 0.25) is 5.91 Å². The van der Waals surface area contributed by atoms with E-state index in [1.165, 1.54) is 12.1 Å². The number of carbonyl (C=O) groups excluding carboxylic acids is 1. The van der Waals surface area contributed by atoms with Gasteiger partial charge in [0.25, 0.3) is 10.0 Å². The van der Waals surface area contributed by atoms with Crippen molar-refractivity contribution in [1.82, 2.24) is 5.32 Å². The first-order valence-electron chi connectivity index (χ1n) is 8.39. The first-order valence-corrected chi connectivity index (χ1v) is 10.2. The standard InChI is InChI=1S/C19H23ClN2O3S/c1-4-15(3)21-19(23)13-22(18-11-10-16(20)12-14(18)2)26(24,25)17-8-6-5-7-9-17/h5-12,15H,4,13H2,1-3H3,(H,21,23)/t15-/m0/s1. The number of aryl methyl sites for hydroxylation is 1. The van der Waals surface area contributed by atoms with Gasteiger partial charge in [0.1, 0.15) is 6.54 Å². The molecular weight excluding hydrogens is 372 g/mol. The van der Waals surface area contributed by atoms with Crippen molar-refractivity contribution in [1.29, 1.82) is 0 Å². The highest BCUT2D eigenvalue weighted by molar-refractivity contribution is 7.92. The first-order chi connectivity index (χ1) is 12.3. The Bertz CT molecular complexity index is 870. The summed E-state index contributed by atoms with van der Waals surface area (Å²) in [6.07, 6.45) is 0.761. The number of anilines is 1. The van der Waals surface area contributed by atoms with Gasteiger partial charge in [-0.1, -0.05) is 36.7 Å². The van der Waals surface area contributed by atoms with E-state index in [0.717, 1.165) is 10.7 Å². The van der Waals surface area contributed by atoms with E-state index in [1.807, 2.05) is 13.8 Å². The molecule has 0 aliphatic rings. The molecule has 1 atom stereocenters. The number of hydrogen-bond donors (Lipinski definition) is 1. The second kappa shape index (κ2) is 8.56. The van der Waals surface area contributed by atoms with Crippen LogP contribution in [0.15, 0.2) is 53.4 Å². The van der Waals surface area contributed by atoms with Crippen molar-refractivity contribution >= 4 is 33.2 Å². The molecule has 140 valence electrons. The molecule has 5 nitrogen and oxygen atoms in total. The van der Waals surface area contributed by atoms with Gasteiger partial charge in [0, 0.05) is 11.1 Å². The van der Waals surface area contributed by atoms with E-state index in [2.05, 4.69) is 5.32 Å². The molecule has 0 spiro atoms. The van der Waals surface area contributed by atoms with Crippen molar-refractivity contribution < 1.29 is 13.2 Å². The molecule has 0 bridgehead atoms. The molecule has 0 heterocycles. The van der Waals surface area contributed by atoms with Crippen LogP contribution in [0.5, 0.6) is 0 Å². The first kappa shape index (κ1) is 20.3. The molecule has 26 heavy (non-hydrogen) atoms. The fourth-order valence-corrected chi connectivity index (χ4v) is 4.20. The van der Waals surface area contributed by atoms with Crippen molar-refractivity contribution in [2.45, 2.75) is 38.1 Å². The van der Waals surface area contributed by atoms with Crippen molar-refractivity contribution in [2.75, 3.05) is 10.8 Å². The van der Waals surface area contributed by atoms with Gasteiger partial charge >= 0.3 is 0 Å². The van der Waals surface area contributed by atoms with Crippen LogP contribution in [0, 0.1) is 6.92 Å². The summed E-state index contributed by atoms with van der Waals surface area (Å²) in [6, 6.07) is 13.0. The Kier molecular flexibility index (Phi) is 6.67. The third-order valence-electron chi connectivity index (χ3n) is 4.07. The third-order valence-corrected chi connectivity index (χ3v) is 6.07. The molecule has 1 amide bonds. The summed E-state index contributed by atoms with van der Waals surface area (Å²) in [5.74, 6) is -0.354. The minimum absolute atomic E-state index is 0.0323. The molecule has 0 unspecified atom stereocenters. The summed E-state index contributed by atoms with van der Waals surface area (Å²) in [4.78, 5) is 12.5. The molecule has 0 aliphatic heterocycles. The number of carbonyl (C=O) groups is 1. The van der Waals surface area contributed by atoms with Gasteiger partial charge in [-0.25, -0.2) is 8.42 Å². The number of sulfonamides is 1. The number of nitrogens with one attached hydrogen (secondary N) is 1. The van der Waals surface area contributed by atoms with E-state index in [4.69, 9.17) is 11.6 Å². The zero-order valence-electron chi connectivity index (χ0n) is 15.1. The van der Waals surface area contributed by atoms with E-state index in [0.29, 0.717) is 16.3 Å². The summed E-state index contributed by atoms with van der Waals surface area (Å²) in [7, 11) is -3.90. The Hall–Kier alpha value is -2.05. The maximum atomic E-state index is 13.2. The third kappa shape index (κ3) is 4.77. The highest BCUT2D eigenvalue weighted by atomic mass is 35.5. The SMILES string of the molecule is CC[C@H](C)NC(=O)CN(c1ccc(Cl)cc1C)S(=O)(=O)c1ccccc1. The Balaban J connectivity index is 2.47. The number of rotatable bonds is 7. The second-order valence-corrected chi connectivity index (χ2v) is 8.43. The lowest BCUT2D eigenvalue weighted by atomic mass is 10.2. The van der Waals surface area contributed by atoms with Crippen LogP contribution in [-0.2, 0) is 14.8 Å². The minimum Gasteiger partial charge on any atom is -0.352 e. The lowest BCUT2D eigenvalue weighted by Gasteiger charge is -2.26. The van der Waals surface area contributed by atoms with Gasteiger partial charge in [-0.2, -0.15) is 0 Å². The zero-order valence-corrected chi connectivity index (χ0v) is 16.6. The van der Waals surface area contributed by atoms with Crippen LogP contribution >= 0.6 is 11.6 Å². The highest BCUT2D eigenvalue weighted by Gasteiger charge is 2.28. The Morgan fingerprint density at radius 1 is 1.19 bits per heavy atom. The maximum absolute atomic E-state index is 13.2. The van der Waals surface area contributed by atoms with Gasteiger partial charge in [-0.15, -0.1) is 0 Å². The van der Waals surface area contributed by atoms with Crippen LogP contribution in [0.3, 0.4) is 0 Å². The molecule has 2 aromatic rings. The Morgan fingerprint density at radius 2 is 1.85 bits per heavy atom. The van der Waals surface area contributed by atoms with Crippen molar-refractivity contribution in [3.63, 3.8) is 0 Å². The van der Waals surface area contributed by atoms with E-state index in [1.54, 1.807) is 43.3 Å². The fraction of sp³-hybridized carbons (Fsp3) is 0.316. The maximum Gasteiger partial charge on any atom is 0.264 e. The monoisotopic (exact) mass is 394 g/mol. The predicted molar refractivity (Wildman–Crippen MR) is 105 cm³/mol. The molecule has 1 N–H and O–H groups in total. The average molecular weight is 395 g/mol. The molecular formula is C19H23ClN2O3S. The number of nitrogens with zero attached hydrogens (tertiary/aromatic N) is 1. The van der Waals surface area contributed by atoms with Crippen LogP contribution in [0.4, 0.5) is 5.69 Å². The zero-order chi connectivity index (χ0) is 19.3. The van der Waals surface area contributed by atoms with Crippen molar-refractivity contribution in [3.05, 3.63) is 59.1 Å². The molecule has 2 rings (SSSR count). The van der Waals surface area contributed by atoms with Gasteiger partial charge in [0.05, 0.1) is 10.6 Å². The summed E-state index contributed by atoms with van der Waals surface area (Å²) in [6.45, 7) is 5.29. The number of amides is 1. The average Bonchev–Trinajstić information content (AvgIpc) is 2.60. The Labute approximate surface area is 160 Å². The predicted octanol–water partition coefficient (Wildman–Crippen LogP) is 3.76. The highest BCUT2D eigenvalue weighted by Crippen LogP contribution is 2.28. The molecule has 0 aromatic heterocycles. The number of halogens is 1. The van der Waals surface area contributed by atoms with Crippen LogP contribution in [0.1, 0.15) is 25.8 Å². The van der Waals surface area contributed by atoms with Crippen molar-refractivity contribution in [3.8, 4) is 0 Å². The summed E-state index contributed by atoms with van der Waals surface area (Å²) >= 11 is 6.00. The van der Waals surface area contributed by atoms with Gasteiger partial charge < -0.3 is 5.32 Å². The number of hydrogen-bond acceptors (Lipinski definition) is 3. The van der Waals surface area contributed by atoms with Crippen LogP contribution < -0.4 is 9.62 Å². The molecule has 0 fully saturated rings. The smallest absolute Gasteiger partial charge is 0.264 e. The van der Waals surface area contributed by atoms with E-state index in [9.17, 15) is 13.2 Å². The van der Waals surface area contributed by atoms with Crippen molar-refractivity contribution in [2.24, 2.45) is 0 Å². The molecule has 0 radical (unpaired) electrons. The van der Waals surface area contributed by atoms with E-state index >= 15 is 0 Å². The normalized spacial score (nSPS) is 12.5. The minimum atomic E-state index is -3.90. The molecule has 2 aromatic carbocycles. The van der Waals surface area contributed by atoms with Crippen LogP contribution in [-0.4, -0.2) is 26.9 Å². The van der Waals surface area contributed by atoms with E-state index in [-0.39, 0.29) is 23.4 Å². The number of benzene rings is 2. The lowest BCUT2D eigenvalue weighted by Crippen LogP contribution is -2.43.